The van der Waals surface area contributed by atoms with Crippen LogP contribution in [0.1, 0.15) is 11.1 Å². The maximum atomic E-state index is 11.4. The molecule has 1 aliphatic rings. The van der Waals surface area contributed by atoms with E-state index in [0.717, 1.165) is 5.56 Å². The Kier molecular flexibility index (Phi) is 5.52. The fraction of sp³-hybridized carbons (Fsp3) is 0.533. The first-order valence-corrected chi connectivity index (χ1v) is 6.82. The zero-order valence-corrected chi connectivity index (χ0v) is 11.7. The minimum atomic E-state index is -0.767. The van der Waals surface area contributed by atoms with E-state index in [9.17, 15) is 9.90 Å². The van der Waals surface area contributed by atoms with Crippen LogP contribution in [0.4, 0.5) is 0 Å². The van der Waals surface area contributed by atoms with Crippen molar-refractivity contribution in [1.29, 1.82) is 0 Å². The number of hydrogen-bond donors (Lipinski definition) is 1. The molecular formula is C15H21NO4. The highest BCUT2D eigenvalue weighted by atomic mass is 16.5. The van der Waals surface area contributed by atoms with Gasteiger partial charge in [0.25, 0.3) is 0 Å². The van der Waals surface area contributed by atoms with E-state index in [1.54, 1.807) is 7.11 Å². The van der Waals surface area contributed by atoms with Crippen molar-refractivity contribution in [2.24, 2.45) is 0 Å². The highest BCUT2D eigenvalue weighted by Gasteiger charge is 2.30. The smallest absolute Gasteiger partial charge is 0.321 e. The van der Waals surface area contributed by atoms with Crippen LogP contribution >= 0.6 is 0 Å². The number of hydrogen-bond acceptors (Lipinski definition) is 4. The zero-order valence-electron chi connectivity index (χ0n) is 11.7. The van der Waals surface area contributed by atoms with Crippen molar-refractivity contribution in [3.05, 3.63) is 35.4 Å². The van der Waals surface area contributed by atoms with Crippen LogP contribution in [0.2, 0.25) is 0 Å². The third-order valence-electron chi connectivity index (χ3n) is 3.59. The molecule has 20 heavy (non-hydrogen) atoms. The molecule has 1 N–H and O–H groups in total. The van der Waals surface area contributed by atoms with Gasteiger partial charge in [-0.3, -0.25) is 9.69 Å². The molecule has 1 aliphatic heterocycles. The van der Waals surface area contributed by atoms with Crippen molar-refractivity contribution in [2.45, 2.75) is 19.0 Å². The minimum absolute atomic E-state index is 0.462. The van der Waals surface area contributed by atoms with E-state index in [-0.39, 0.29) is 0 Å². The molecule has 0 fully saturated rings. The Labute approximate surface area is 119 Å². The van der Waals surface area contributed by atoms with E-state index in [4.69, 9.17) is 9.47 Å². The van der Waals surface area contributed by atoms with Crippen molar-refractivity contribution < 1.29 is 19.4 Å². The maximum absolute atomic E-state index is 11.4. The standard InChI is InChI=1S/C15H21NO4/c1-19-8-9-20-7-6-16-11-13-5-3-2-4-12(13)10-14(16)15(17)18/h2-5,14H,6-11H2,1H3,(H,17,18). The largest absolute Gasteiger partial charge is 0.480 e. The van der Waals surface area contributed by atoms with Gasteiger partial charge in [0.05, 0.1) is 19.8 Å². The number of aliphatic carboxylic acids is 1. The lowest BCUT2D eigenvalue weighted by Gasteiger charge is -2.34. The predicted molar refractivity (Wildman–Crippen MR) is 74.7 cm³/mol. The molecular weight excluding hydrogens is 258 g/mol. The van der Waals surface area contributed by atoms with Crippen molar-refractivity contribution in [3.8, 4) is 0 Å². The van der Waals surface area contributed by atoms with Gasteiger partial charge in [0.1, 0.15) is 6.04 Å². The molecule has 5 nitrogen and oxygen atoms in total. The average molecular weight is 279 g/mol. The third kappa shape index (κ3) is 3.79. The second kappa shape index (κ2) is 7.38. The molecule has 0 saturated carbocycles. The third-order valence-corrected chi connectivity index (χ3v) is 3.59. The van der Waals surface area contributed by atoms with Crippen LogP contribution < -0.4 is 0 Å². The zero-order chi connectivity index (χ0) is 14.4. The van der Waals surface area contributed by atoms with Crippen LogP contribution in [-0.2, 0) is 27.2 Å². The highest BCUT2D eigenvalue weighted by Crippen LogP contribution is 2.23. The first kappa shape index (κ1) is 15.0. The first-order valence-electron chi connectivity index (χ1n) is 6.82. The van der Waals surface area contributed by atoms with E-state index < -0.39 is 12.0 Å². The fourth-order valence-corrected chi connectivity index (χ4v) is 2.48. The molecule has 0 amide bonds. The molecule has 0 saturated heterocycles. The number of carboxylic acids is 1. The fourth-order valence-electron chi connectivity index (χ4n) is 2.48. The van der Waals surface area contributed by atoms with E-state index in [0.29, 0.717) is 39.3 Å². The summed E-state index contributed by atoms with van der Waals surface area (Å²) in [5.74, 6) is -0.767. The SMILES string of the molecule is COCCOCCN1Cc2ccccc2CC1C(=O)O. The molecule has 1 aromatic carbocycles. The normalized spacial score (nSPS) is 18.8. The number of carboxylic acid groups (broad SMARTS) is 1. The molecule has 0 spiro atoms. The second-order valence-electron chi connectivity index (χ2n) is 4.90. The minimum Gasteiger partial charge on any atom is -0.480 e. The van der Waals surface area contributed by atoms with Crippen LogP contribution in [0.15, 0.2) is 24.3 Å². The summed E-state index contributed by atoms with van der Waals surface area (Å²) < 4.78 is 10.3. The lowest BCUT2D eigenvalue weighted by atomic mass is 9.94. The molecule has 1 aromatic rings. The topological polar surface area (TPSA) is 59.0 Å². The summed E-state index contributed by atoms with van der Waals surface area (Å²) in [6.07, 6.45) is 0.559. The Morgan fingerprint density at radius 2 is 2.05 bits per heavy atom. The van der Waals surface area contributed by atoms with Gasteiger partial charge < -0.3 is 14.6 Å². The van der Waals surface area contributed by atoms with Gasteiger partial charge in [0.15, 0.2) is 0 Å². The molecule has 2 rings (SSSR count). The van der Waals surface area contributed by atoms with Gasteiger partial charge in [0, 0.05) is 20.2 Å². The summed E-state index contributed by atoms with van der Waals surface area (Å²) in [7, 11) is 1.63. The predicted octanol–water partition coefficient (Wildman–Crippen LogP) is 1.16. The first-order chi connectivity index (χ1) is 9.72. The molecule has 0 radical (unpaired) electrons. The van der Waals surface area contributed by atoms with Crippen LogP contribution in [-0.4, -0.2) is 55.5 Å². The van der Waals surface area contributed by atoms with Crippen molar-refractivity contribution >= 4 is 5.97 Å². The quantitative estimate of drug-likeness (QED) is 0.759. The van der Waals surface area contributed by atoms with Crippen LogP contribution in [0, 0.1) is 0 Å². The number of carbonyl (C=O) groups is 1. The molecule has 1 unspecified atom stereocenters. The summed E-state index contributed by atoms with van der Waals surface area (Å²) in [5.41, 5.74) is 2.35. The Balaban J connectivity index is 1.94. The van der Waals surface area contributed by atoms with Gasteiger partial charge in [-0.05, 0) is 17.5 Å². The van der Waals surface area contributed by atoms with E-state index in [1.807, 2.05) is 23.1 Å². The van der Waals surface area contributed by atoms with E-state index >= 15 is 0 Å². The van der Waals surface area contributed by atoms with Gasteiger partial charge in [-0.2, -0.15) is 0 Å². The van der Waals surface area contributed by atoms with Gasteiger partial charge in [0.2, 0.25) is 0 Å². The van der Waals surface area contributed by atoms with E-state index in [1.165, 1.54) is 5.56 Å². The van der Waals surface area contributed by atoms with Crippen molar-refractivity contribution in [2.75, 3.05) is 33.5 Å². The monoisotopic (exact) mass is 279 g/mol. The molecule has 0 aromatic heterocycles. The summed E-state index contributed by atoms with van der Waals surface area (Å²) in [6, 6.07) is 7.56. The molecule has 110 valence electrons. The lowest BCUT2D eigenvalue weighted by molar-refractivity contribution is -0.144. The van der Waals surface area contributed by atoms with Crippen LogP contribution in [0.5, 0.6) is 0 Å². The molecule has 0 bridgehead atoms. The van der Waals surface area contributed by atoms with Gasteiger partial charge >= 0.3 is 5.97 Å². The summed E-state index contributed by atoms with van der Waals surface area (Å²) in [4.78, 5) is 13.4. The number of nitrogens with zero attached hydrogens (tertiary/aromatic N) is 1. The second-order valence-corrected chi connectivity index (χ2v) is 4.90. The lowest BCUT2D eigenvalue weighted by Crippen LogP contribution is -2.46. The Bertz CT molecular complexity index is 449. The van der Waals surface area contributed by atoms with Gasteiger partial charge in [-0.25, -0.2) is 0 Å². The van der Waals surface area contributed by atoms with Gasteiger partial charge in [-0.1, -0.05) is 24.3 Å². The molecule has 1 atom stereocenters. The average Bonchev–Trinajstić information content (AvgIpc) is 2.46. The summed E-state index contributed by atoms with van der Waals surface area (Å²) >= 11 is 0. The number of fused-ring (bicyclic) bond motifs is 1. The Hall–Kier alpha value is -1.43. The molecule has 5 heteroatoms. The van der Waals surface area contributed by atoms with Crippen molar-refractivity contribution in [3.63, 3.8) is 0 Å². The van der Waals surface area contributed by atoms with E-state index in [2.05, 4.69) is 6.07 Å². The van der Waals surface area contributed by atoms with Crippen molar-refractivity contribution in [1.82, 2.24) is 4.90 Å². The summed E-state index contributed by atoms with van der Waals surface area (Å²) in [5, 5.41) is 9.37. The number of methoxy groups -OCH3 is 1. The number of rotatable bonds is 7. The molecule has 0 aliphatic carbocycles. The summed E-state index contributed by atoms with van der Waals surface area (Å²) in [6.45, 7) is 2.91. The highest BCUT2D eigenvalue weighted by molar-refractivity contribution is 5.74. The number of benzene rings is 1. The maximum Gasteiger partial charge on any atom is 0.321 e. The van der Waals surface area contributed by atoms with Gasteiger partial charge in [-0.15, -0.1) is 0 Å². The van der Waals surface area contributed by atoms with Crippen LogP contribution in [0.3, 0.4) is 0 Å². The number of ether oxygens (including phenoxy) is 2. The van der Waals surface area contributed by atoms with Crippen LogP contribution in [0.25, 0.3) is 0 Å². The molecule has 1 heterocycles. The Morgan fingerprint density at radius 3 is 2.75 bits per heavy atom. The Morgan fingerprint density at radius 1 is 1.30 bits per heavy atom.